The summed E-state index contributed by atoms with van der Waals surface area (Å²) < 4.78 is 6.23. The molecule has 1 heterocycles. The van der Waals surface area contributed by atoms with E-state index >= 15 is 0 Å². The van der Waals surface area contributed by atoms with Crippen LogP contribution in [0.2, 0.25) is 0 Å². The molecule has 0 atom stereocenters. The smallest absolute Gasteiger partial charge is 0.203 e. The third-order valence-electron chi connectivity index (χ3n) is 1.22. The molecule has 0 spiro atoms. The van der Waals surface area contributed by atoms with Gasteiger partial charge in [-0.25, -0.2) is 0 Å². The Kier molecular flexibility index (Phi) is 5.10. The van der Waals surface area contributed by atoms with E-state index < -0.39 is 0 Å². The van der Waals surface area contributed by atoms with E-state index in [0.29, 0.717) is 5.13 Å². The Balaban J connectivity index is 2.06. The number of aromatic nitrogens is 2. The van der Waals surface area contributed by atoms with E-state index in [9.17, 15) is 0 Å². The molecule has 0 aromatic carbocycles. The first kappa shape index (κ1) is 10.7. The third kappa shape index (κ3) is 4.44. The number of thioether (sulfide) groups is 1. The van der Waals surface area contributed by atoms with Crippen molar-refractivity contribution in [3.05, 3.63) is 0 Å². The highest BCUT2D eigenvalue weighted by molar-refractivity contribution is 8.01. The molecule has 0 amide bonds. The molecule has 6 heteroatoms. The number of nitrogen functional groups attached to an aromatic ring is 1. The first-order valence-electron chi connectivity index (χ1n) is 4.12. The minimum absolute atomic E-state index is 0.525. The van der Waals surface area contributed by atoms with Gasteiger partial charge in [0.05, 0.1) is 6.61 Å². The Bertz CT molecular complexity index is 241. The van der Waals surface area contributed by atoms with Crippen molar-refractivity contribution < 1.29 is 4.74 Å². The highest BCUT2D eigenvalue weighted by Gasteiger charge is 2.00. The normalized spacial score (nSPS) is 10.5. The molecule has 0 radical (unpaired) electrons. The van der Waals surface area contributed by atoms with Gasteiger partial charge in [0, 0.05) is 12.4 Å². The Morgan fingerprint density at radius 3 is 2.92 bits per heavy atom. The number of hydrogen-bond donors (Lipinski definition) is 1. The molecule has 0 aliphatic rings. The third-order valence-corrected chi connectivity index (χ3v) is 3.07. The molecule has 1 aromatic heterocycles. The van der Waals surface area contributed by atoms with E-state index in [2.05, 4.69) is 17.1 Å². The predicted molar refractivity (Wildman–Crippen MR) is 56.2 cm³/mol. The van der Waals surface area contributed by atoms with Crippen molar-refractivity contribution in [3.8, 4) is 0 Å². The van der Waals surface area contributed by atoms with E-state index in [0.717, 1.165) is 29.7 Å². The monoisotopic (exact) mass is 219 g/mol. The van der Waals surface area contributed by atoms with Gasteiger partial charge in [-0.05, 0) is 6.42 Å². The highest BCUT2D eigenvalue weighted by atomic mass is 32.2. The SMILES string of the molecule is CCCOCCSc1nnc(N)s1. The van der Waals surface area contributed by atoms with Crippen molar-refractivity contribution >= 4 is 28.2 Å². The number of rotatable bonds is 6. The first-order valence-corrected chi connectivity index (χ1v) is 5.92. The quantitative estimate of drug-likeness (QED) is 0.582. The summed E-state index contributed by atoms with van der Waals surface area (Å²) in [5, 5.41) is 8.13. The highest BCUT2D eigenvalue weighted by Crippen LogP contribution is 2.22. The lowest BCUT2D eigenvalue weighted by Crippen LogP contribution is -1.97. The molecule has 1 rings (SSSR count). The maximum atomic E-state index is 5.43. The van der Waals surface area contributed by atoms with E-state index in [4.69, 9.17) is 10.5 Å². The van der Waals surface area contributed by atoms with E-state index in [1.54, 1.807) is 11.8 Å². The maximum absolute atomic E-state index is 5.43. The molecule has 13 heavy (non-hydrogen) atoms. The van der Waals surface area contributed by atoms with Crippen molar-refractivity contribution in [1.82, 2.24) is 10.2 Å². The van der Waals surface area contributed by atoms with Gasteiger partial charge < -0.3 is 10.5 Å². The van der Waals surface area contributed by atoms with Gasteiger partial charge in [0.1, 0.15) is 0 Å². The second-order valence-corrected chi connectivity index (χ2v) is 4.72. The minimum Gasteiger partial charge on any atom is -0.381 e. The van der Waals surface area contributed by atoms with Gasteiger partial charge >= 0.3 is 0 Å². The zero-order chi connectivity index (χ0) is 9.52. The van der Waals surface area contributed by atoms with Gasteiger partial charge in [-0.1, -0.05) is 30.0 Å². The van der Waals surface area contributed by atoms with Crippen LogP contribution in [-0.2, 0) is 4.74 Å². The zero-order valence-corrected chi connectivity index (χ0v) is 9.16. The minimum atomic E-state index is 0.525. The summed E-state index contributed by atoms with van der Waals surface area (Å²) in [6.07, 6.45) is 1.07. The molecule has 0 bridgehead atoms. The Hall–Kier alpha value is -0.330. The summed E-state index contributed by atoms with van der Waals surface area (Å²) in [5.74, 6) is 0.911. The van der Waals surface area contributed by atoms with Gasteiger partial charge in [-0.2, -0.15) is 0 Å². The van der Waals surface area contributed by atoms with Gasteiger partial charge in [-0.3, -0.25) is 0 Å². The van der Waals surface area contributed by atoms with Crippen molar-refractivity contribution in [1.29, 1.82) is 0 Å². The van der Waals surface area contributed by atoms with Crippen molar-refractivity contribution in [3.63, 3.8) is 0 Å². The fourth-order valence-corrected chi connectivity index (χ4v) is 2.27. The molecule has 0 saturated carbocycles. The zero-order valence-electron chi connectivity index (χ0n) is 7.52. The average molecular weight is 219 g/mol. The predicted octanol–water partition coefficient (Wildman–Crippen LogP) is 1.64. The van der Waals surface area contributed by atoms with Crippen LogP contribution in [0.25, 0.3) is 0 Å². The fourth-order valence-electron chi connectivity index (χ4n) is 0.713. The standard InChI is InChI=1S/C7H13N3OS2/c1-2-3-11-4-5-12-7-10-9-6(8)13-7/h2-5H2,1H3,(H2,8,9). The summed E-state index contributed by atoms with van der Waals surface area (Å²) in [7, 11) is 0. The summed E-state index contributed by atoms with van der Waals surface area (Å²) in [6.45, 7) is 3.69. The summed E-state index contributed by atoms with van der Waals surface area (Å²) >= 11 is 3.05. The molecular weight excluding hydrogens is 206 g/mol. The lowest BCUT2D eigenvalue weighted by molar-refractivity contribution is 0.151. The maximum Gasteiger partial charge on any atom is 0.203 e. The second-order valence-electron chi connectivity index (χ2n) is 2.37. The van der Waals surface area contributed by atoms with Crippen LogP contribution in [0.1, 0.15) is 13.3 Å². The summed E-state index contributed by atoms with van der Waals surface area (Å²) in [6, 6.07) is 0. The number of anilines is 1. The lowest BCUT2D eigenvalue weighted by Gasteiger charge is -1.99. The summed E-state index contributed by atoms with van der Waals surface area (Å²) in [4.78, 5) is 0. The van der Waals surface area contributed by atoms with E-state index in [1.807, 2.05) is 0 Å². The molecule has 0 unspecified atom stereocenters. The van der Waals surface area contributed by atoms with Crippen molar-refractivity contribution in [2.45, 2.75) is 17.7 Å². The molecular formula is C7H13N3OS2. The topological polar surface area (TPSA) is 61.0 Å². The molecule has 4 nitrogen and oxygen atoms in total. The van der Waals surface area contributed by atoms with Crippen LogP contribution < -0.4 is 5.73 Å². The lowest BCUT2D eigenvalue weighted by atomic mass is 10.5. The van der Waals surface area contributed by atoms with E-state index in [1.165, 1.54) is 11.3 Å². The molecule has 0 aliphatic heterocycles. The van der Waals surface area contributed by atoms with Gasteiger partial charge in [0.25, 0.3) is 0 Å². The molecule has 0 fully saturated rings. The largest absolute Gasteiger partial charge is 0.381 e. The Morgan fingerprint density at radius 1 is 1.46 bits per heavy atom. The van der Waals surface area contributed by atoms with Crippen molar-refractivity contribution in [2.75, 3.05) is 24.7 Å². The number of hydrogen-bond acceptors (Lipinski definition) is 6. The second kappa shape index (κ2) is 6.17. The molecule has 1 aromatic rings. The van der Waals surface area contributed by atoms with Crippen LogP contribution in [0.3, 0.4) is 0 Å². The van der Waals surface area contributed by atoms with Crippen LogP contribution >= 0.6 is 23.1 Å². The summed E-state index contributed by atoms with van der Waals surface area (Å²) in [5.41, 5.74) is 5.43. The van der Waals surface area contributed by atoms with Gasteiger partial charge in [-0.15, -0.1) is 10.2 Å². The molecule has 2 N–H and O–H groups in total. The molecule has 0 saturated heterocycles. The van der Waals surface area contributed by atoms with Gasteiger partial charge in [0.15, 0.2) is 4.34 Å². The van der Waals surface area contributed by atoms with Crippen molar-refractivity contribution in [2.24, 2.45) is 0 Å². The van der Waals surface area contributed by atoms with E-state index in [-0.39, 0.29) is 0 Å². The van der Waals surface area contributed by atoms with Crippen LogP contribution in [0.4, 0.5) is 5.13 Å². The van der Waals surface area contributed by atoms with Crippen LogP contribution in [0.5, 0.6) is 0 Å². The molecule has 0 aliphatic carbocycles. The molecule has 74 valence electrons. The Morgan fingerprint density at radius 2 is 2.31 bits per heavy atom. The Labute approximate surface area is 85.9 Å². The van der Waals surface area contributed by atoms with Crippen LogP contribution in [0.15, 0.2) is 4.34 Å². The first-order chi connectivity index (χ1) is 6.33. The van der Waals surface area contributed by atoms with Crippen LogP contribution in [-0.4, -0.2) is 29.2 Å². The average Bonchev–Trinajstić information content (AvgIpc) is 2.51. The van der Waals surface area contributed by atoms with Gasteiger partial charge in [0.2, 0.25) is 5.13 Å². The fraction of sp³-hybridized carbons (Fsp3) is 0.714. The van der Waals surface area contributed by atoms with Crippen LogP contribution in [0, 0.1) is 0 Å². The number of nitrogens with zero attached hydrogens (tertiary/aromatic N) is 2. The number of nitrogens with two attached hydrogens (primary N) is 1. The number of ether oxygens (including phenoxy) is 1.